The molecule has 1 amide bonds. The van der Waals surface area contributed by atoms with Crippen LogP contribution in [0.2, 0.25) is 0 Å². The molecule has 0 spiro atoms. The van der Waals surface area contributed by atoms with Crippen LogP contribution in [0.15, 0.2) is 30.3 Å². The smallest absolute Gasteiger partial charge is 0.229 e. The number of ether oxygens (including phenoxy) is 1. The number of methoxy groups -OCH3 is 1. The number of nitrogens with one attached hydrogen (secondary N) is 2. The number of rotatable bonds is 4. The summed E-state index contributed by atoms with van der Waals surface area (Å²) in [6, 6.07) is 9.01. The third kappa shape index (κ3) is 3.33. The molecule has 1 aliphatic heterocycles. The molecule has 1 unspecified atom stereocenters. The lowest BCUT2D eigenvalue weighted by atomic mass is 9.84. The maximum atomic E-state index is 12.3. The third-order valence-electron chi connectivity index (χ3n) is 4.40. The Morgan fingerprint density at radius 3 is 2.81 bits per heavy atom. The number of carbonyl (C=O) groups excluding carboxylic acids is 1. The van der Waals surface area contributed by atoms with E-state index in [0.29, 0.717) is 17.1 Å². The maximum Gasteiger partial charge on any atom is 0.229 e. The highest BCUT2D eigenvalue weighted by atomic mass is 32.2. The Morgan fingerprint density at radius 1 is 1.26 bits per heavy atom. The van der Waals surface area contributed by atoms with Crippen LogP contribution in [-0.4, -0.2) is 36.4 Å². The van der Waals surface area contributed by atoms with Crippen molar-refractivity contribution in [3.05, 3.63) is 41.5 Å². The molecule has 27 heavy (non-hydrogen) atoms. The zero-order chi connectivity index (χ0) is 19.2. The van der Waals surface area contributed by atoms with Crippen LogP contribution < -0.4 is 14.8 Å². The summed E-state index contributed by atoms with van der Waals surface area (Å²) in [5.41, 5.74) is 4.11. The fourth-order valence-electron chi connectivity index (χ4n) is 3.32. The van der Waals surface area contributed by atoms with Crippen molar-refractivity contribution >= 4 is 50.1 Å². The van der Waals surface area contributed by atoms with E-state index in [4.69, 9.17) is 4.74 Å². The van der Waals surface area contributed by atoms with Crippen molar-refractivity contribution in [2.24, 2.45) is 0 Å². The minimum absolute atomic E-state index is 0.126. The largest absolute Gasteiger partial charge is 0.494 e. The Balaban J connectivity index is 1.91. The highest BCUT2D eigenvalue weighted by Gasteiger charge is 2.30. The van der Waals surface area contributed by atoms with Crippen molar-refractivity contribution in [3.63, 3.8) is 0 Å². The van der Waals surface area contributed by atoms with Crippen LogP contribution in [0.1, 0.15) is 23.5 Å². The standard InChI is InChI=1S/C17H16N4O4S2/c1-25-15-8-13-11(6-14(15)21-27(2,23)24)10(7-16(22)18-13)9-4-3-5-12-17(9)20-26-19-12/h3-6,8,10,21H,7H2,1-2H3,(H,18,22). The molecule has 1 aliphatic rings. The van der Waals surface area contributed by atoms with Gasteiger partial charge in [0.05, 0.1) is 30.8 Å². The van der Waals surface area contributed by atoms with Crippen LogP contribution in [0.5, 0.6) is 5.75 Å². The quantitative estimate of drug-likeness (QED) is 0.691. The molecule has 8 nitrogen and oxygen atoms in total. The maximum absolute atomic E-state index is 12.3. The molecule has 2 N–H and O–H groups in total. The van der Waals surface area contributed by atoms with Gasteiger partial charge in [-0.25, -0.2) is 8.42 Å². The van der Waals surface area contributed by atoms with Gasteiger partial charge in [0.15, 0.2) is 0 Å². The number of hydrogen-bond acceptors (Lipinski definition) is 7. The Kier molecular flexibility index (Phi) is 4.23. The molecule has 0 saturated carbocycles. The summed E-state index contributed by atoms with van der Waals surface area (Å²) in [5, 5.41) is 2.84. The summed E-state index contributed by atoms with van der Waals surface area (Å²) in [7, 11) is -2.05. The summed E-state index contributed by atoms with van der Waals surface area (Å²) in [6.45, 7) is 0. The molecular formula is C17H16N4O4S2. The van der Waals surface area contributed by atoms with Gasteiger partial charge in [0.2, 0.25) is 15.9 Å². The van der Waals surface area contributed by atoms with E-state index in [1.54, 1.807) is 12.1 Å². The predicted molar refractivity (Wildman–Crippen MR) is 104 cm³/mol. The molecule has 2 aromatic carbocycles. The van der Waals surface area contributed by atoms with Crippen molar-refractivity contribution in [2.75, 3.05) is 23.4 Å². The van der Waals surface area contributed by atoms with Gasteiger partial charge in [-0.2, -0.15) is 8.75 Å². The first kappa shape index (κ1) is 17.7. The van der Waals surface area contributed by atoms with Crippen LogP contribution in [0.4, 0.5) is 11.4 Å². The molecule has 0 aliphatic carbocycles. The van der Waals surface area contributed by atoms with Crippen LogP contribution in [-0.2, 0) is 14.8 Å². The number of benzene rings is 2. The highest BCUT2D eigenvalue weighted by molar-refractivity contribution is 7.92. The molecule has 1 aromatic heterocycles. The van der Waals surface area contributed by atoms with Crippen molar-refractivity contribution in [1.29, 1.82) is 0 Å². The van der Waals surface area contributed by atoms with E-state index in [-0.39, 0.29) is 18.2 Å². The van der Waals surface area contributed by atoms with Crippen molar-refractivity contribution in [3.8, 4) is 5.75 Å². The van der Waals surface area contributed by atoms with Gasteiger partial charge in [0, 0.05) is 24.1 Å². The molecule has 0 fully saturated rings. The number of fused-ring (bicyclic) bond motifs is 2. The summed E-state index contributed by atoms with van der Waals surface area (Å²) in [6.07, 6.45) is 1.31. The van der Waals surface area contributed by atoms with Gasteiger partial charge in [-0.1, -0.05) is 12.1 Å². The lowest BCUT2D eigenvalue weighted by molar-refractivity contribution is -0.116. The summed E-state index contributed by atoms with van der Waals surface area (Å²) in [4.78, 5) is 12.3. The third-order valence-corrected chi connectivity index (χ3v) is 5.53. The van der Waals surface area contributed by atoms with E-state index in [9.17, 15) is 13.2 Å². The van der Waals surface area contributed by atoms with Crippen LogP contribution in [0.25, 0.3) is 11.0 Å². The summed E-state index contributed by atoms with van der Waals surface area (Å²) >= 11 is 1.12. The monoisotopic (exact) mass is 404 g/mol. The molecule has 0 saturated heterocycles. The van der Waals surface area contributed by atoms with Gasteiger partial charge in [0.1, 0.15) is 16.8 Å². The lowest BCUT2D eigenvalue weighted by Crippen LogP contribution is -2.24. The van der Waals surface area contributed by atoms with Gasteiger partial charge >= 0.3 is 0 Å². The van der Waals surface area contributed by atoms with Gasteiger partial charge in [-0.15, -0.1) is 0 Å². The van der Waals surface area contributed by atoms with Gasteiger partial charge in [0.25, 0.3) is 0 Å². The zero-order valence-corrected chi connectivity index (χ0v) is 16.1. The Labute approximate surface area is 159 Å². The number of amides is 1. The van der Waals surface area contributed by atoms with Crippen LogP contribution >= 0.6 is 11.7 Å². The number of hydrogen-bond donors (Lipinski definition) is 2. The average Bonchev–Trinajstić information content (AvgIpc) is 3.08. The zero-order valence-electron chi connectivity index (χ0n) is 14.5. The summed E-state index contributed by atoms with van der Waals surface area (Å²) < 4.78 is 39.9. The second-order valence-electron chi connectivity index (χ2n) is 6.30. The molecule has 4 rings (SSSR count). The highest BCUT2D eigenvalue weighted by Crippen LogP contribution is 2.43. The molecule has 1 atom stereocenters. The Hall–Kier alpha value is -2.72. The Bertz CT molecular complexity index is 1160. The minimum Gasteiger partial charge on any atom is -0.494 e. The first-order valence-electron chi connectivity index (χ1n) is 8.06. The number of sulfonamides is 1. The predicted octanol–water partition coefficient (Wildman–Crippen LogP) is 2.55. The first-order chi connectivity index (χ1) is 12.9. The number of carbonyl (C=O) groups is 1. The molecule has 3 aromatic rings. The van der Waals surface area contributed by atoms with E-state index < -0.39 is 10.0 Å². The Morgan fingerprint density at radius 2 is 2.07 bits per heavy atom. The second kappa shape index (κ2) is 6.46. The number of aromatic nitrogens is 2. The van der Waals surface area contributed by atoms with Crippen molar-refractivity contribution < 1.29 is 17.9 Å². The molecular weight excluding hydrogens is 388 g/mol. The fourth-order valence-corrected chi connectivity index (χ4v) is 4.44. The summed E-state index contributed by atoms with van der Waals surface area (Å²) in [5.74, 6) is -0.0698. The van der Waals surface area contributed by atoms with E-state index in [1.807, 2.05) is 18.2 Å². The molecule has 2 heterocycles. The molecule has 0 bridgehead atoms. The van der Waals surface area contributed by atoms with E-state index in [0.717, 1.165) is 40.1 Å². The topological polar surface area (TPSA) is 110 Å². The number of nitrogens with zero attached hydrogens (tertiary/aromatic N) is 2. The van der Waals surface area contributed by atoms with Crippen molar-refractivity contribution in [1.82, 2.24) is 8.75 Å². The van der Waals surface area contributed by atoms with E-state index in [2.05, 4.69) is 18.8 Å². The van der Waals surface area contributed by atoms with Crippen LogP contribution in [0.3, 0.4) is 0 Å². The van der Waals surface area contributed by atoms with Crippen molar-refractivity contribution in [2.45, 2.75) is 12.3 Å². The minimum atomic E-state index is -3.49. The average molecular weight is 404 g/mol. The normalized spacial score (nSPS) is 16.7. The van der Waals surface area contributed by atoms with E-state index >= 15 is 0 Å². The lowest BCUT2D eigenvalue weighted by Gasteiger charge is -2.27. The molecule has 10 heteroatoms. The van der Waals surface area contributed by atoms with E-state index in [1.165, 1.54) is 7.11 Å². The fraction of sp³-hybridized carbons (Fsp3) is 0.235. The SMILES string of the molecule is COc1cc2c(cc1NS(C)(=O)=O)C(c1cccc3nsnc13)CC(=O)N2. The van der Waals surface area contributed by atoms with Gasteiger partial charge < -0.3 is 10.1 Å². The second-order valence-corrected chi connectivity index (χ2v) is 8.57. The molecule has 0 radical (unpaired) electrons. The number of anilines is 2. The molecule has 140 valence electrons. The van der Waals surface area contributed by atoms with Gasteiger partial charge in [-0.05, 0) is 23.3 Å². The van der Waals surface area contributed by atoms with Crippen LogP contribution in [0, 0.1) is 0 Å². The first-order valence-corrected chi connectivity index (χ1v) is 10.7. The van der Waals surface area contributed by atoms with Gasteiger partial charge in [-0.3, -0.25) is 9.52 Å².